The fourth-order valence-electron chi connectivity index (χ4n) is 2.48. The van der Waals surface area contributed by atoms with E-state index in [1.807, 2.05) is 17.0 Å². The fourth-order valence-corrected chi connectivity index (χ4v) is 2.48. The summed E-state index contributed by atoms with van der Waals surface area (Å²) < 4.78 is 13.7. The van der Waals surface area contributed by atoms with Gasteiger partial charge in [0.25, 0.3) is 0 Å². The van der Waals surface area contributed by atoms with E-state index in [-0.39, 0.29) is 5.82 Å². The second-order valence-corrected chi connectivity index (χ2v) is 5.01. The van der Waals surface area contributed by atoms with Crippen LogP contribution in [0.25, 0.3) is 0 Å². The molecule has 2 N–H and O–H groups in total. The van der Waals surface area contributed by atoms with Crippen molar-refractivity contribution in [2.45, 2.75) is 6.54 Å². The Balaban J connectivity index is 1.66. The second kappa shape index (κ2) is 6.05. The number of rotatable bonds is 3. The standard InChI is InChI=1S/C15H18FN5/c16-13-2-1-5-18-15(13)21-8-6-20(7-9-21)14-4-3-12(10-17)11-19-14/h1-5,11H,6-10,17H2. The van der Waals surface area contributed by atoms with Gasteiger partial charge in [0.15, 0.2) is 11.6 Å². The third-order valence-corrected chi connectivity index (χ3v) is 3.69. The van der Waals surface area contributed by atoms with E-state index in [4.69, 9.17) is 5.73 Å². The van der Waals surface area contributed by atoms with Crippen LogP contribution >= 0.6 is 0 Å². The number of nitrogens with zero attached hydrogens (tertiary/aromatic N) is 4. The van der Waals surface area contributed by atoms with Crippen LogP contribution in [0.3, 0.4) is 0 Å². The van der Waals surface area contributed by atoms with E-state index in [0.717, 1.165) is 37.6 Å². The predicted molar refractivity (Wildman–Crippen MR) is 80.7 cm³/mol. The minimum atomic E-state index is -0.267. The maximum atomic E-state index is 13.7. The van der Waals surface area contributed by atoms with E-state index in [2.05, 4.69) is 14.9 Å². The average Bonchev–Trinajstić information content (AvgIpc) is 2.56. The number of aromatic nitrogens is 2. The molecule has 1 saturated heterocycles. The van der Waals surface area contributed by atoms with E-state index in [1.165, 1.54) is 6.07 Å². The fraction of sp³-hybridized carbons (Fsp3) is 0.333. The van der Waals surface area contributed by atoms with Crippen molar-refractivity contribution in [2.24, 2.45) is 5.73 Å². The number of halogens is 1. The van der Waals surface area contributed by atoms with Gasteiger partial charge in [-0.2, -0.15) is 0 Å². The summed E-state index contributed by atoms with van der Waals surface area (Å²) >= 11 is 0. The summed E-state index contributed by atoms with van der Waals surface area (Å²) in [5.41, 5.74) is 6.59. The smallest absolute Gasteiger partial charge is 0.165 e. The highest BCUT2D eigenvalue weighted by Gasteiger charge is 2.20. The molecule has 3 heterocycles. The van der Waals surface area contributed by atoms with E-state index in [9.17, 15) is 4.39 Å². The zero-order valence-corrected chi connectivity index (χ0v) is 11.7. The Kier molecular flexibility index (Phi) is 3.96. The molecule has 0 bridgehead atoms. The van der Waals surface area contributed by atoms with Crippen LogP contribution in [0.5, 0.6) is 0 Å². The SMILES string of the molecule is NCc1ccc(N2CCN(c3ncccc3F)CC2)nc1. The third-order valence-electron chi connectivity index (χ3n) is 3.69. The zero-order chi connectivity index (χ0) is 14.7. The van der Waals surface area contributed by atoms with Crippen molar-refractivity contribution in [3.8, 4) is 0 Å². The van der Waals surface area contributed by atoms with Crippen molar-refractivity contribution in [3.05, 3.63) is 48.0 Å². The lowest BCUT2D eigenvalue weighted by Gasteiger charge is -2.36. The molecule has 0 spiro atoms. The van der Waals surface area contributed by atoms with Gasteiger partial charge in [-0.15, -0.1) is 0 Å². The molecule has 3 rings (SSSR count). The molecule has 2 aromatic rings. The van der Waals surface area contributed by atoms with Gasteiger partial charge in [0.2, 0.25) is 0 Å². The van der Waals surface area contributed by atoms with Crippen LogP contribution in [0.15, 0.2) is 36.7 Å². The lowest BCUT2D eigenvalue weighted by atomic mass is 10.2. The monoisotopic (exact) mass is 287 g/mol. The van der Waals surface area contributed by atoms with Crippen LogP contribution in [-0.2, 0) is 6.54 Å². The van der Waals surface area contributed by atoms with E-state index >= 15 is 0 Å². The van der Waals surface area contributed by atoms with Gasteiger partial charge in [0, 0.05) is 45.1 Å². The minimum absolute atomic E-state index is 0.267. The van der Waals surface area contributed by atoms with Gasteiger partial charge < -0.3 is 15.5 Å². The molecule has 0 atom stereocenters. The minimum Gasteiger partial charge on any atom is -0.353 e. The lowest BCUT2D eigenvalue weighted by molar-refractivity contribution is 0.587. The molecule has 110 valence electrons. The molecule has 5 nitrogen and oxygen atoms in total. The van der Waals surface area contributed by atoms with Crippen LogP contribution < -0.4 is 15.5 Å². The molecule has 0 saturated carbocycles. The first-order chi connectivity index (χ1) is 10.3. The van der Waals surface area contributed by atoms with Crippen molar-refractivity contribution in [3.63, 3.8) is 0 Å². The van der Waals surface area contributed by atoms with Crippen molar-refractivity contribution in [1.82, 2.24) is 9.97 Å². The molecule has 0 aliphatic carbocycles. The third kappa shape index (κ3) is 2.95. The summed E-state index contributed by atoms with van der Waals surface area (Å²) in [7, 11) is 0. The molecule has 0 amide bonds. The number of pyridine rings is 2. The molecule has 6 heteroatoms. The van der Waals surface area contributed by atoms with Crippen LogP contribution in [-0.4, -0.2) is 36.1 Å². The van der Waals surface area contributed by atoms with Gasteiger partial charge in [-0.05, 0) is 23.8 Å². The van der Waals surface area contributed by atoms with Gasteiger partial charge in [-0.25, -0.2) is 14.4 Å². The number of nitrogens with two attached hydrogens (primary N) is 1. The number of piperazine rings is 1. The van der Waals surface area contributed by atoms with Gasteiger partial charge >= 0.3 is 0 Å². The van der Waals surface area contributed by atoms with Crippen molar-refractivity contribution < 1.29 is 4.39 Å². The lowest BCUT2D eigenvalue weighted by Crippen LogP contribution is -2.47. The highest BCUT2D eigenvalue weighted by Crippen LogP contribution is 2.19. The Bertz CT molecular complexity index is 593. The number of hydrogen-bond acceptors (Lipinski definition) is 5. The summed E-state index contributed by atoms with van der Waals surface area (Å²) in [6.45, 7) is 3.55. The van der Waals surface area contributed by atoms with E-state index < -0.39 is 0 Å². The van der Waals surface area contributed by atoms with Gasteiger partial charge in [0.1, 0.15) is 5.82 Å². The molecule has 0 radical (unpaired) electrons. The maximum absolute atomic E-state index is 13.7. The highest BCUT2D eigenvalue weighted by atomic mass is 19.1. The average molecular weight is 287 g/mol. The Labute approximate surface area is 123 Å². The van der Waals surface area contributed by atoms with Crippen LogP contribution in [0.1, 0.15) is 5.56 Å². The van der Waals surface area contributed by atoms with Gasteiger partial charge in [-0.3, -0.25) is 0 Å². The molecule has 0 aromatic carbocycles. The van der Waals surface area contributed by atoms with E-state index in [0.29, 0.717) is 12.4 Å². The number of anilines is 2. The normalized spacial score (nSPS) is 15.3. The van der Waals surface area contributed by atoms with Crippen molar-refractivity contribution in [1.29, 1.82) is 0 Å². The van der Waals surface area contributed by atoms with Crippen LogP contribution in [0, 0.1) is 5.82 Å². The Hall–Kier alpha value is -2.21. The summed E-state index contributed by atoms with van der Waals surface area (Å²) in [5, 5.41) is 0. The largest absolute Gasteiger partial charge is 0.353 e. The van der Waals surface area contributed by atoms with Crippen molar-refractivity contribution >= 4 is 11.6 Å². The zero-order valence-electron chi connectivity index (χ0n) is 11.7. The van der Waals surface area contributed by atoms with Gasteiger partial charge in [0.05, 0.1) is 0 Å². The molecule has 21 heavy (non-hydrogen) atoms. The molecule has 1 aliphatic rings. The first-order valence-corrected chi connectivity index (χ1v) is 7.03. The van der Waals surface area contributed by atoms with Crippen LogP contribution in [0.4, 0.5) is 16.0 Å². The first kappa shape index (κ1) is 13.8. The summed E-state index contributed by atoms with van der Waals surface area (Å²) in [4.78, 5) is 12.7. The van der Waals surface area contributed by atoms with Crippen LogP contribution in [0.2, 0.25) is 0 Å². The molecular weight excluding hydrogens is 269 g/mol. The topological polar surface area (TPSA) is 58.3 Å². The van der Waals surface area contributed by atoms with Crippen molar-refractivity contribution in [2.75, 3.05) is 36.0 Å². The molecule has 1 fully saturated rings. The summed E-state index contributed by atoms with van der Waals surface area (Å²) in [5.74, 6) is 1.10. The molecular formula is C15H18FN5. The number of hydrogen-bond donors (Lipinski definition) is 1. The summed E-state index contributed by atoms with van der Waals surface area (Å²) in [6, 6.07) is 7.03. The molecule has 1 aliphatic heterocycles. The Morgan fingerprint density at radius 1 is 1.05 bits per heavy atom. The highest BCUT2D eigenvalue weighted by molar-refractivity contribution is 5.45. The quantitative estimate of drug-likeness (QED) is 0.925. The van der Waals surface area contributed by atoms with Gasteiger partial charge in [-0.1, -0.05) is 6.07 Å². The maximum Gasteiger partial charge on any atom is 0.165 e. The van der Waals surface area contributed by atoms with E-state index in [1.54, 1.807) is 18.5 Å². The Morgan fingerprint density at radius 2 is 1.81 bits per heavy atom. The molecule has 2 aromatic heterocycles. The predicted octanol–water partition coefficient (Wildman–Crippen LogP) is 1.40. The Morgan fingerprint density at radius 3 is 2.43 bits per heavy atom. The second-order valence-electron chi connectivity index (χ2n) is 5.01. The first-order valence-electron chi connectivity index (χ1n) is 7.03. The molecule has 0 unspecified atom stereocenters. The summed E-state index contributed by atoms with van der Waals surface area (Å²) in [6.07, 6.45) is 3.43.